The number of amidine groups is 1. The lowest BCUT2D eigenvalue weighted by Gasteiger charge is -2.38. The number of Topliss-reactive ketones (excluding diaryl/α,β-unsaturated/α-hetero) is 1. The highest BCUT2D eigenvalue weighted by molar-refractivity contribution is 8.93. The van der Waals surface area contributed by atoms with Crippen molar-refractivity contribution in [1.82, 2.24) is 4.90 Å². The van der Waals surface area contributed by atoms with Crippen molar-refractivity contribution in [2.45, 2.75) is 32.2 Å². The predicted octanol–water partition coefficient (Wildman–Crippen LogP) is 3.54. The molecule has 2 N–H and O–H groups in total. The SMILES string of the molecule is Br.COc1cc2c(c(F)c1OC)C(=N)N(CC(=O)c1ccc3c(c1)C(C)(C)CC(=O)N3CC(=O)O)C2. The van der Waals surface area contributed by atoms with E-state index in [2.05, 4.69) is 0 Å². The number of hydrogen-bond donors (Lipinski definition) is 2. The molecule has 9 nitrogen and oxygen atoms in total. The molecule has 0 atom stereocenters. The minimum absolute atomic E-state index is 0. The van der Waals surface area contributed by atoms with Gasteiger partial charge in [-0.05, 0) is 35.4 Å². The van der Waals surface area contributed by atoms with Gasteiger partial charge in [0.05, 0.1) is 26.3 Å². The van der Waals surface area contributed by atoms with Gasteiger partial charge in [0.15, 0.2) is 23.1 Å². The number of carbonyl (C=O) groups excluding carboxylic acids is 2. The normalized spacial score (nSPS) is 15.7. The molecule has 192 valence electrons. The number of hydrogen-bond acceptors (Lipinski definition) is 6. The number of aliphatic carboxylic acids is 1. The van der Waals surface area contributed by atoms with Crippen molar-refractivity contribution < 1.29 is 33.4 Å². The number of amides is 1. The Morgan fingerprint density at radius 3 is 2.47 bits per heavy atom. The van der Waals surface area contributed by atoms with E-state index in [0.717, 1.165) is 0 Å². The molecule has 0 aromatic heterocycles. The summed E-state index contributed by atoms with van der Waals surface area (Å²) >= 11 is 0. The quantitative estimate of drug-likeness (QED) is 0.494. The van der Waals surface area contributed by atoms with Crippen LogP contribution in [0.1, 0.15) is 47.3 Å². The van der Waals surface area contributed by atoms with Crippen LogP contribution >= 0.6 is 17.0 Å². The smallest absolute Gasteiger partial charge is 0.323 e. The van der Waals surface area contributed by atoms with E-state index in [-0.39, 0.29) is 71.1 Å². The molecular formula is C25H27BrFN3O6. The first kappa shape index (κ1) is 27.1. The molecule has 2 aliphatic rings. The fourth-order valence-electron chi connectivity index (χ4n) is 4.72. The first-order valence-electron chi connectivity index (χ1n) is 11.0. The molecule has 0 spiro atoms. The molecule has 0 unspecified atom stereocenters. The average molecular weight is 564 g/mol. The number of benzene rings is 2. The van der Waals surface area contributed by atoms with Gasteiger partial charge in [0.1, 0.15) is 12.4 Å². The second-order valence-corrected chi connectivity index (χ2v) is 9.25. The van der Waals surface area contributed by atoms with Gasteiger partial charge in [-0.25, -0.2) is 4.39 Å². The highest BCUT2D eigenvalue weighted by Gasteiger charge is 2.38. The Balaban J connectivity index is 0.00000361. The average Bonchev–Trinajstić information content (AvgIpc) is 3.10. The van der Waals surface area contributed by atoms with Crippen LogP contribution in [0.4, 0.5) is 10.1 Å². The monoisotopic (exact) mass is 563 g/mol. The van der Waals surface area contributed by atoms with Crippen LogP contribution in [0.25, 0.3) is 0 Å². The lowest BCUT2D eigenvalue weighted by atomic mass is 9.76. The molecule has 2 aromatic rings. The molecule has 2 heterocycles. The maximum atomic E-state index is 15.0. The maximum Gasteiger partial charge on any atom is 0.323 e. The van der Waals surface area contributed by atoms with Gasteiger partial charge < -0.3 is 24.4 Å². The number of nitrogens with one attached hydrogen (secondary N) is 1. The van der Waals surface area contributed by atoms with E-state index in [1.165, 1.54) is 24.0 Å². The zero-order valence-corrected chi connectivity index (χ0v) is 22.0. The Morgan fingerprint density at radius 1 is 1.17 bits per heavy atom. The van der Waals surface area contributed by atoms with Crippen molar-refractivity contribution in [3.05, 3.63) is 52.3 Å². The van der Waals surface area contributed by atoms with Gasteiger partial charge in [-0.3, -0.25) is 19.8 Å². The van der Waals surface area contributed by atoms with E-state index >= 15 is 4.39 Å². The zero-order valence-electron chi connectivity index (χ0n) is 20.3. The molecule has 2 aliphatic heterocycles. The van der Waals surface area contributed by atoms with Gasteiger partial charge in [0.25, 0.3) is 0 Å². The van der Waals surface area contributed by atoms with Crippen LogP contribution in [0.2, 0.25) is 0 Å². The lowest BCUT2D eigenvalue weighted by molar-refractivity contribution is -0.137. The van der Waals surface area contributed by atoms with E-state index in [0.29, 0.717) is 22.4 Å². The summed E-state index contributed by atoms with van der Waals surface area (Å²) in [5, 5.41) is 17.7. The first-order chi connectivity index (χ1) is 16.5. The molecule has 36 heavy (non-hydrogen) atoms. The number of carboxylic acid groups (broad SMARTS) is 1. The number of ketones is 1. The Hall–Kier alpha value is -3.47. The Kier molecular flexibility index (Phi) is 7.45. The Bertz CT molecular complexity index is 1280. The summed E-state index contributed by atoms with van der Waals surface area (Å²) in [4.78, 5) is 39.7. The number of nitrogens with zero attached hydrogens (tertiary/aromatic N) is 2. The first-order valence-corrected chi connectivity index (χ1v) is 11.0. The minimum atomic E-state index is -1.13. The fraction of sp³-hybridized carbons (Fsp3) is 0.360. The van der Waals surface area contributed by atoms with Crippen LogP contribution in [0.15, 0.2) is 24.3 Å². The van der Waals surface area contributed by atoms with Crippen LogP contribution in [-0.2, 0) is 21.5 Å². The molecule has 0 saturated heterocycles. The lowest BCUT2D eigenvalue weighted by Crippen LogP contribution is -2.44. The van der Waals surface area contributed by atoms with Crippen molar-refractivity contribution >= 4 is 46.2 Å². The predicted molar refractivity (Wildman–Crippen MR) is 135 cm³/mol. The second-order valence-electron chi connectivity index (χ2n) is 9.25. The molecule has 11 heteroatoms. The largest absolute Gasteiger partial charge is 0.493 e. The van der Waals surface area contributed by atoms with E-state index < -0.39 is 23.7 Å². The molecule has 0 fully saturated rings. The van der Waals surface area contributed by atoms with Crippen molar-refractivity contribution in [3.8, 4) is 11.5 Å². The second kappa shape index (κ2) is 9.88. The zero-order chi connectivity index (χ0) is 25.7. The summed E-state index contributed by atoms with van der Waals surface area (Å²) in [7, 11) is 2.71. The third-order valence-corrected chi connectivity index (χ3v) is 6.47. The van der Waals surface area contributed by atoms with Gasteiger partial charge >= 0.3 is 5.97 Å². The minimum Gasteiger partial charge on any atom is -0.493 e. The Labute approximate surface area is 218 Å². The number of rotatable bonds is 7. The number of carbonyl (C=O) groups is 3. The summed E-state index contributed by atoms with van der Waals surface area (Å²) in [6, 6.07) is 6.41. The van der Waals surface area contributed by atoms with E-state index in [4.69, 9.17) is 14.9 Å². The third kappa shape index (κ3) is 4.55. The van der Waals surface area contributed by atoms with Gasteiger partial charge in [-0.1, -0.05) is 13.8 Å². The number of halogens is 2. The molecule has 0 saturated carbocycles. The maximum absolute atomic E-state index is 15.0. The molecule has 0 aliphatic carbocycles. The molecule has 0 bridgehead atoms. The van der Waals surface area contributed by atoms with E-state index in [1.54, 1.807) is 24.3 Å². The standard InChI is InChI=1S/C25H26FN3O6.BrH/c1-25(2)9-19(31)29(12-20(32)33)16-6-5-13(7-15(16)25)17(30)11-28-10-14-8-18(34-3)23(35-4)22(26)21(14)24(28)27;/h5-8,27H,9-12H2,1-4H3,(H,32,33);1H. The molecule has 2 aromatic carbocycles. The molecule has 4 rings (SSSR count). The number of anilines is 1. The third-order valence-electron chi connectivity index (χ3n) is 6.47. The van der Waals surface area contributed by atoms with Crippen LogP contribution in [0.5, 0.6) is 11.5 Å². The van der Waals surface area contributed by atoms with Crippen LogP contribution in [-0.4, -0.2) is 60.8 Å². The number of ether oxygens (including phenoxy) is 2. The van der Waals surface area contributed by atoms with E-state index in [1.807, 2.05) is 13.8 Å². The summed E-state index contributed by atoms with van der Waals surface area (Å²) in [5.74, 6) is -2.42. The van der Waals surface area contributed by atoms with Crippen molar-refractivity contribution in [2.24, 2.45) is 0 Å². The van der Waals surface area contributed by atoms with Crippen LogP contribution in [0.3, 0.4) is 0 Å². The molecule has 1 amide bonds. The Morgan fingerprint density at radius 2 is 1.86 bits per heavy atom. The van der Waals surface area contributed by atoms with Crippen LogP contribution in [0, 0.1) is 11.2 Å². The van der Waals surface area contributed by atoms with Crippen LogP contribution < -0.4 is 14.4 Å². The van der Waals surface area contributed by atoms with Gasteiger partial charge in [0, 0.05) is 29.6 Å². The van der Waals surface area contributed by atoms with Crippen molar-refractivity contribution in [2.75, 3.05) is 32.2 Å². The van der Waals surface area contributed by atoms with Crippen molar-refractivity contribution in [1.29, 1.82) is 5.41 Å². The summed E-state index contributed by atoms with van der Waals surface area (Å²) < 4.78 is 25.3. The van der Waals surface area contributed by atoms with Gasteiger partial charge in [0.2, 0.25) is 5.91 Å². The van der Waals surface area contributed by atoms with Gasteiger partial charge in [-0.2, -0.15) is 0 Å². The van der Waals surface area contributed by atoms with Gasteiger partial charge in [-0.15, -0.1) is 17.0 Å². The molecule has 0 radical (unpaired) electrons. The summed E-state index contributed by atoms with van der Waals surface area (Å²) in [5.41, 5.74) is 1.53. The highest BCUT2D eigenvalue weighted by Crippen LogP contribution is 2.41. The fourth-order valence-corrected chi connectivity index (χ4v) is 4.72. The topological polar surface area (TPSA) is 120 Å². The summed E-state index contributed by atoms with van der Waals surface area (Å²) in [6.07, 6.45) is 0.111. The number of methoxy groups -OCH3 is 2. The summed E-state index contributed by atoms with van der Waals surface area (Å²) in [6.45, 7) is 3.28. The molecular weight excluding hydrogens is 537 g/mol. The number of fused-ring (bicyclic) bond motifs is 2. The number of carboxylic acids is 1. The highest BCUT2D eigenvalue weighted by atomic mass is 79.9. The van der Waals surface area contributed by atoms with Crippen molar-refractivity contribution in [3.63, 3.8) is 0 Å². The van der Waals surface area contributed by atoms with E-state index in [9.17, 15) is 19.5 Å².